The smallest absolute Gasteiger partial charge is 0.236 e. The molecule has 0 saturated heterocycles. The number of nitrogens with one attached hydrogen (secondary N) is 1. The second kappa shape index (κ2) is 8.76. The molecule has 0 aliphatic heterocycles. The maximum atomic E-state index is 12.4. The summed E-state index contributed by atoms with van der Waals surface area (Å²) >= 11 is 2.74. The average molecular weight is 437 g/mol. The van der Waals surface area contributed by atoms with Crippen molar-refractivity contribution in [2.75, 3.05) is 11.1 Å². The summed E-state index contributed by atoms with van der Waals surface area (Å²) in [4.78, 5) is 21.1. The number of aryl methyl sites for hydroxylation is 3. The van der Waals surface area contributed by atoms with Crippen molar-refractivity contribution in [2.45, 2.75) is 25.9 Å². The third kappa shape index (κ3) is 4.58. The van der Waals surface area contributed by atoms with Gasteiger partial charge >= 0.3 is 0 Å². The monoisotopic (exact) mass is 436 g/mol. The Bertz CT molecular complexity index is 1170. The molecule has 3 heterocycles. The summed E-state index contributed by atoms with van der Waals surface area (Å²) in [6.45, 7) is 6.00. The first-order valence-corrected chi connectivity index (χ1v) is 11.2. The lowest BCUT2D eigenvalue weighted by molar-refractivity contribution is -0.113. The summed E-state index contributed by atoms with van der Waals surface area (Å²) in [5.41, 5.74) is 4.82. The average Bonchev–Trinajstić information content (AvgIpc) is 3.32. The van der Waals surface area contributed by atoms with Gasteiger partial charge in [0, 0.05) is 11.6 Å². The van der Waals surface area contributed by atoms with Crippen molar-refractivity contribution in [3.63, 3.8) is 0 Å². The van der Waals surface area contributed by atoms with E-state index in [1.54, 1.807) is 6.20 Å². The van der Waals surface area contributed by atoms with Crippen LogP contribution in [0, 0.1) is 20.8 Å². The summed E-state index contributed by atoms with van der Waals surface area (Å²) in [7, 11) is 0. The van der Waals surface area contributed by atoms with Gasteiger partial charge in [0.15, 0.2) is 16.1 Å². The molecule has 0 unspecified atom stereocenters. The SMILES string of the molecule is Cc1cc(C)cc(-n2c(SCC(=O)Nc3nc(C)cs3)nnc2-c2ccccn2)c1. The fourth-order valence-corrected chi connectivity index (χ4v) is 4.49. The van der Waals surface area contributed by atoms with Crippen LogP contribution < -0.4 is 5.32 Å². The van der Waals surface area contributed by atoms with Gasteiger partial charge in [-0.15, -0.1) is 21.5 Å². The first-order chi connectivity index (χ1) is 14.5. The standard InChI is InChI=1S/C21H20N6OS2/c1-13-8-14(2)10-16(9-13)27-19(17-6-4-5-7-22-17)25-26-21(27)30-12-18(28)24-20-23-15(3)11-29-20/h4-11H,12H2,1-3H3,(H,23,24,28). The summed E-state index contributed by atoms with van der Waals surface area (Å²) in [6, 6.07) is 11.9. The van der Waals surface area contributed by atoms with Crippen LogP contribution in [-0.2, 0) is 4.79 Å². The van der Waals surface area contributed by atoms with Crippen LogP contribution in [0.2, 0.25) is 0 Å². The van der Waals surface area contributed by atoms with Gasteiger partial charge < -0.3 is 5.32 Å². The van der Waals surface area contributed by atoms with Gasteiger partial charge in [0.05, 0.1) is 17.1 Å². The quantitative estimate of drug-likeness (QED) is 0.450. The number of amides is 1. The summed E-state index contributed by atoms with van der Waals surface area (Å²) in [6.07, 6.45) is 1.73. The normalized spacial score (nSPS) is 10.9. The van der Waals surface area contributed by atoms with E-state index in [0.717, 1.165) is 28.2 Å². The molecular formula is C21H20N6OS2. The van der Waals surface area contributed by atoms with E-state index in [4.69, 9.17) is 0 Å². The molecule has 1 amide bonds. The Morgan fingerprint density at radius 3 is 2.60 bits per heavy atom. The van der Waals surface area contributed by atoms with Gasteiger partial charge in [-0.2, -0.15) is 0 Å². The Morgan fingerprint density at radius 2 is 1.93 bits per heavy atom. The zero-order chi connectivity index (χ0) is 21.1. The Morgan fingerprint density at radius 1 is 1.13 bits per heavy atom. The number of aromatic nitrogens is 5. The maximum absolute atomic E-state index is 12.4. The van der Waals surface area contributed by atoms with E-state index < -0.39 is 0 Å². The number of rotatable bonds is 6. The van der Waals surface area contributed by atoms with Crippen molar-refractivity contribution >= 4 is 34.1 Å². The van der Waals surface area contributed by atoms with Gasteiger partial charge in [0.2, 0.25) is 5.91 Å². The largest absolute Gasteiger partial charge is 0.301 e. The molecule has 0 radical (unpaired) electrons. The molecule has 3 aromatic heterocycles. The van der Waals surface area contributed by atoms with Crippen LogP contribution in [0.15, 0.2) is 53.1 Å². The molecule has 4 rings (SSSR count). The Balaban J connectivity index is 1.64. The number of nitrogens with zero attached hydrogens (tertiary/aromatic N) is 5. The maximum Gasteiger partial charge on any atom is 0.236 e. The topological polar surface area (TPSA) is 85.6 Å². The van der Waals surface area contributed by atoms with E-state index >= 15 is 0 Å². The fraction of sp³-hybridized carbons (Fsp3) is 0.190. The van der Waals surface area contributed by atoms with Crippen LogP contribution in [0.25, 0.3) is 17.2 Å². The number of hydrogen-bond acceptors (Lipinski definition) is 7. The van der Waals surface area contributed by atoms with Crippen molar-refractivity contribution in [1.82, 2.24) is 24.7 Å². The summed E-state index contributed by atoms with van der Waals surface area (Å²) in [5.74, 6) is 0.701. The molecule has 152 valence electrons. The van der Waals surface area contributed by atoms with Crippen LogP contribution in [0.1, 0.15) is 16.8 Å². The number of thiazole rings is 1. The number of carbonyl (C=O) groups excluding carboxylic acids is 1. The van der Waals surface area contributed by atoms with Gasteiger partial charge in [0.25, 0.3) is 0 Å². The predicted molar refractivity (Wildman–Crippen MR) is 120 cm³/mol. The lowest BCUT2D eigenvalue weighted by atomic mass is 10.1. The molecule has 0 atom stereocenters. The van der Waals surface area contributed by atoms with Crippen molar-refractivity contribution in [1.29, 1.82) is 0 Å². The molecule has 0 spiro atoms. The minimum absolute atomic E-state index is 0.135. The molecule has 0 saturated carbocycles. The van der Waals surface area contributed by atoms with Crippen molar-refractivity contribution in [2.24, 2.45) is 0 Å². The fourth-order valence-electron chi connectivity index (χ4n) is 3.03. The summed E-state index contributed by atoms with van der Waals surface area (Å²) < 4.78 is 1.95. The number of hydrogen-bond donors (Lipinski definition) is 1. The van der Waals surface area contributed by atoms with Crippen LogP contribution in [0.4, 0.5) is 5.13 Å². The van der Waals surface area contributed by atoms with Gasteiger partial charge in [-0.05, 0) is 56.2 Å². The lowest BCUT2D eigenvalue weighted by Gasteiger charge is -2.12. The molecule has 0 aliphatic rings. The zero-order valence-electron chi connectivity index (χ0n) is 16.8. The molecular weight excluding hydrogens is 416 g/mol. The first-order valence-electron chi connectivity index (χ1n) is 9.30. The molecule has 4 aromatic rings. The minimum atomic E-state index is -0.135. The van der Waals surface area contributed by atoms with E-state index in [2.05, 4.69) is 57.5 Å². The molecule has 9 heteroatoms. The van der Waals surface area contributed by atoms with Gasteiger partial charge in [-0.25, -0.2) is 4.98 Å². The number of pyridine rings is 1. The van der Waals surface area contributed by atoms with E-state index in [-0.39, 0.29) is 11.7 Å². The van der Waals surface area contributed by atoms with Crippen LogP contribution in [0.3, 0.4) is 0 Å². The Hall–Kier alpha value is -3.04. The van der Waals surface area contributed by atoms with Gasteiger partial charge in [0.1, 0.15) is 5.69 Å². The lowest BCUT2D eigenvalue weighted by Crippen LogP contribution is -2.14. The second-order valence-corrected chi connectivity index (χ2v) is 8.63. The van der Waals surface area contributed by atoms with E-state index in [1.807, 2.05) is 35.1 Å². The molecule has 1 aromatic carbocycles. The van der Waals surface area contributed by atoms with Crippen LogP contribution in [-0.4, -0.2) is 36.4 Å². The predicted octanol–water partition coefficient (Wildman–Crippen LogP) is 4.44. The third-order valence-electron chi connectivity index (χ3n) is 4.19. The minimum Gasteiger partial charge on any atom is -0.301 e. The number of carbonyl (C=O) groups is 1. The molecule has 0 aliphatic carbocycles. The van der Waals surface area contributed by atoms with Crippen molar-refractivity contribution in [3.8, 4) is 17.2 Å². The Kier molecular flexibility index (Phi) is 5.91. The van der Waals surface area contributed by atoms with E-state index in [1.165, 1.54) is 23.1 Å². The summed E-state index contributed by atoms with van der Waals surface area (Å²) in [5, 5.41) is 14.7. The number of benzene rings is 1. The van der Waals surface area contributed by atoms with E-state index in [9.17, 15) is 4.79 Å². The highest BCUT2D eigenvalue weighted by Gasteiger charge is 2.18. The van der Waals surface area contributed by atoms with Crippen LogP contribution >= 0.6 is 23.1 Å². The number of thioether (sulfide) groups is 1. The molecule has 30 heavy (non-hydrogen) atoms. The third-order valence-corrected chi connectivity index (χ3v) is 5.99. The zero-order valence-corrected chi connectivity index (χ0v) is 18.4. The highest BCUT2D eigenvalue weighted by Crippen LogP contribution is 2.28. The first kappa shape index (κ1) is 20.2. The highest BCUT2D eigenvalue weighted by atomic mass is 32.2. The van der Waals surface area contributed by atoms with Crippen molar-refractivity contribution < 1.29 is 4.79 Å². The second-order valence-electron chi connectivity index (χ2n) is 6.83. The molecule has 7 nitrogen and oxygen atoms in total. The number of anilines is 1. The Labute approximate surface area is 182 Å². The van der Waals surface area contributed by atoms with Crippen LogP contribution in [0.5, 0.6) is 0 Å². The van der Waals surface area contributed by atoms with Gasteiger partial charge in [-0.1, -0.05) is 23.9 Å². The van der Waals surface area contributed by atoms with E-state index in [0.29, 0.717) is 16.1 Å². The highest BCUT2D eigenvalue weighted by molar-refractivity contribution is 7.99. The molecule has 0 bridgehead atoms. The van der Waals surface area contributed by atoms with Crippen molar-refractivity contribution in [3.05, 3.63) is 64.8 Å². The molecule has 0 fully saturated rings. The molecule has 1 N–H and O–H groups in total. The van der Waals surface area contributed by atoms with Gasteiger partial charge in [-0.3, -0.25) is 14.3 Å².